The van der Waals surface area contributed by atoms with Crippen LogP contribution >= 0.6 is 0 Å². The number of nitrogens with two attached hydrogens (primary N) is 1. The molecule has 9 nitrogen and oxygen atoms in total. The number of para-hydroxylation sites is 1. The van der Waals surface area contributed by atoms with Crippen molar-refractivity contribution < 1.29 is 18.0 Å². The Labute approximate surface area is 159 Å². The molecule has 28 heavy (non-hydrogen) atoms. The summed E-state index contributed by atoms with van der Waals surface area (Å²) in [6.45, 7) is 0. The molecule has 0 saturated carbocycles. The zero-order valence-electron chi connectivity index (χ0n) is 14.2. The Hall–Kier alpha value is -3.97. The SMILES string of the molecule is N#Cc1cnn(-c2ccccc2)c1S(=O)(=O)c1cccc(C(=O)NC(N)=O)c1. The summed E-state index contributed by atoms with van der Waals surface area (Å²) >= 11 is 0. The molecule has 3 amide bonds. The molecule has 0 unspecified atom stereocenters. The first kappa shape index (κ1) is 18.8. The predicted octanol–water partition coefficient (Wildman–Crippen LogP) is 1.39. The normalized spacial score (nSPS) is 10.8. The van der Waals surface area contributed by atoms with Crippen molar-refractivity contribution in [1.82, 2.24) is 15.1 Å². The second-order valence-electron chi connectivity index (χ2n) is 5.57. The number of amides is 3. The fraction of sp³-hybridized carbons (Fsp3) is 0. The van der Waals surface area contributed by atoms with Crippen molar-refractivity contribution in [1.29, 1.82) is 5.26 Å². The number of nitrogens with zero attached hydrogens (tertiary/aromatic N) is 3. The largest absolute Gasteiger partial charge is 0.351 e. The first-order chi connectivity index (χ1) is 13.3. The first-order valence-corrected chi connectivity index (χ1v) is 9.32. The number of hydrogen-bond donors (Lipinski definition) is 2. The number of benzene rings is 2. The van der Waals surface area contributed by atoms with E-state index < -0.39 is 21.8 Å². The van der Waals surface area contributed by atoms with Crippen molar-refractivity contribution in [3.8, 4) is 11.8 Å². The van der Waals surface area contributed by atoms with Crippen LogP contribution in [-0.4, -0.2) is 30.1 Å². The lowest BCUT2D eigenvalue weighted by Crippen LogP contribution is -2.35. The summed E-state index contributed by atoms with van der Waals surface area (Å²) < 4.78 is 27.6. The quantitative estimate of drug-likeness (QED) is 0.682. The average molecular weight is 395 g/mol. The van der Waals surface area contributed by atoms with Gasteiger partial charge in [0.05, 0.1) is 16.8 Å². The van der Waals surface area contributed by atoms with Crippen molar-refractivity contribution in [2.75, 3.05) is 0 Å². The topological polar surface area (TPSA) is 148 Å². The maximum absolute atomic E-state index is 13.2. The van der Waals surface area contributed by atoms with E-state index in [1.165, 1.54) is 18.2 Å². The minimum absolute atomic E-state index is 0.0795. The minimum Gasteiger partial charge on any atom is -0.351 e. The lowest BCUT2D eigenvalue weighted by Gasteiger charge is -2.10. The van der Waals surface area contributed by atoms with Crippen LogP contribution in [0.1, 0.15) is 15.9 Å². The van der Waals surface area contributed by atoms with Crippen LogP contribution in [-0.2, 0) is 9.84 Å². The molecule has 0 bridgehead atoms. The van der Waals surface area contributed by atoms with E-state index in [1.54, 1.807) is 30.3 Å². The maximum atomic E-state index is 13.2. The Kier molecular flexibility index (Phi) is 4.93. The highest BCUT2D eigenvalue weighted by atomic mass is 32.2. The van der Waals surface area contributed by atoms with Gasteiger partial charge in [-0.05, 0) is 30.3 Å². The molecular weight excluding hydrogens is 382 g/mol. The standard InChI is InChI=1S/C18H13N5O4S/c19-10-13-11-21-23(14-6-2-1-3-7-14)17(13)28(26,27)15-8-4-5-12(9-15)16(24)22-18(20)25/h1-9,11H,(H3,20,22,24,25). The number of urea groups is 1. The maximum Gasteiger partial charge on any atom is 0.319 e. The Morgan fingerprint density at radius 1 is 1.11 bits per heavy atom. The smallest absolute Gasteiger partial charge is 0.319 e. The highest BCUT2D eigenvalue weighted by Crippen LogP contribution is 2.27. The van der Waals surface area contributed by atoms with Gasteiger partial charge >= 0.3 is 6.03 Å². The van der Waals surface area contributed by atoms with Gasteiger partial charge in [-0.1, -0.05) is 24.3 Å². The van der Waals surface area contributed by atoms with E-state index in [-0.39, 0.29) is 21.0 Å². The molecule has 1 aromatic heterocycles. The minimum atomic E-state index is -4.22. The summed E-state index contributed by atoms with van der Waals surface area (Å²) in [4.78, 5) is 22.6. The fourth-order valence-electron chi connectivity index (χ4n) is 2.53. The highest BCUT2D eigenvalue weighted by Gasteiger charge is 2.28. The molecule has 0 saturated heterocycles. The molecule has 2 aromatic carbocycles. The van der Waals surface area contributed by atoms with Gasteiger partial charge in [0, 0.05) is 5.56 Å². The molecule has 0 atom stereocenters. The van der Waals surface area contributed by atoms with Crippen LogP contribution in [0, 0.1) is 11.3 Å². The molecule has 0 radical (unpaired) electrons. The van der Waals surface area contributed by atoms with Crippen molar-refractivity contribution >= 4 is 21.8 Å². The molecule has 0 fully saturated rings. The van der Waals surface area contributed by atoms with Crippen LogP contribution in [0.15, 0.2) is 70.7 Å². The molecule has 0 spiro atoms. The van der Waals surface area contributed by atoms with Gasteiger partial charge in [0.25, 0.3) is 5.91 Å². The third-order valence-electron chi connectivity index (χ3n) is 3.74. The number of nitriles is 1. The van der Waals surface area contributed by atoms with Crippen LogP contribution in [0.2, 0.25) is 0 Å². The van der Waals surface area contributed by atoms with Gasteiger partial charge in [-0.2, -0.15) is 10.4 Å². The number of imide groups is 1. The first-order valence-electron chi connectivity index (χ1n) is 7.84. The van der Waals surface area contributed by atoms with Gasteiger partial charge < -0.3 is 5.73 Å². The van der Waals surface area contributed by atoms with Crippen LogP contribution in [0.3, 0.4) is 0 Å². The van der Waals surface area contributed by atoms with Crippen LogP contribution < -0.4 is 11.1 Å². The molecule has 3 aromatic rings. The van der Waals surface area contributed by atoms with Crippen molar-refractivity contribution in [3.63, 3.8) is 0 Å². The fourth-order valence-corrected chi connectivity index (χ4v) is 4.06. The van der Waals surface area contributed by atoms with Gasteiger partial charge in [0.1, 0.15) is 11.6 Å². The summed E-state index contributed by atoms with van der Waals surface area (Å²) in [5, 5.41) is 14.9. The van der Waals surface area contributed by atoms with Gasteiger partial charge in [0.2, 0.25) is 9.84 Å². The Morgan fingerprint density at radius 3 is 2.46 bits per heavy atom. The van der Waals surface area contributed by atoms with Gasteiger partial charge in [0.15, 0.2) is 5.03 Å². The van der Waals surface area contributed by atoms with Crippen LogP contribution in [0.5, 0.6) is 0 Å². The summed E-state index contributed by atoms with van der Waals surface area (Å²) in [6.07, 6.45) is 1.16. The molecule has 0 aliphatic carbocycles. The van der Waals surface area contributed by atoms with E-state index in [9.17, 15) is 23.3 Å². The number of sulfone groups is 1. The zero-order chi connectivity index (χ0) is 20.3. The number of hydrogen-bond acceptors (Lipinski definition) is 6. The Morgan fingerprint density at radius 2 is 1.82 bits per heavy atom. The number of primary amides is 1. The molecule has 0 aliphatic rings. The number of rotatable bonds is 4. The van der Waals surface area contributed by atoms with Crippen molar-refractivity contribution in [3.05, 3.63) is 71.9 Å². The van der Waals surface area contributed by atoms with E-state index in [4.69, 9.17) is 5.73 Å². The van der Waals surface area contributed by atoms with E-state index in [2.05, 4.69) is 5.10 Å². The molecular formula is C18H13N5O4S. The lowest BCUT2D eigenvalue weighted by molar-refractivity contribution is 0.0966. The molecule has 140 valence electrons. The Balaban J connectivity index is 2.15. The lowest BCUT2D eigenvalue weighted by atomic mass is 10.2. The second kappa shape index (κ2) is 7.34. The molecule has 10 heteroatoms. The number of nitrogens with one attached hydrogen (secondary N) is 1. The molecule has 1 heterocycles. The summed E-state index contributed by atoms with van der Waals surface area (Å²) in [5.41, 5.74) is 5.14. The number of carbonyl (C=O) groups excluding carboxylic acids is 2. The molecule has 0 aliphatic heterocycles. The van der Waals surface area contributed by atoms with Gasteiger partial charge in [-0.15, -0.1) is 0 Å². The summed E-state index contributed by atoms with van der Waals surface area (Å²) in [6, 6.07) is 14.3. The molecule has 3 N–H and O–H groups in total. The number of aromatic nitrogens is 2. The van der Waals surface area contributed by atoms with Crippen molar-refractivity contribution in [2.24, 2.45) is 5.73 Å². The number of carbonyl (C=O) groups is 2. The van der Waals surface area contributed by atoms with Gasteiger partial charge in [-0.25, -0.2) is 17.9 Å². The highest BCUT2D eigenvalue weighted by molar-refractivity contribution is 7.91. The van der Waals surface area contributed by atoms with Gasteiger partial charge in [-0.3, -0.25) is 10.1 Å². The average Bonchev–Trinajstić information content (AvgIpc) is 3.13. The zero-order valence-corrected chi connectivity index (χ0v) is 15.1. The second-order valence-corrected chi connectivity index (χ2v) is 7.44. The van der Waals surface area contributed by atoms with E-state index in [1.807, 2.05) is 11.4 Å². The molecule has 3 rings (SSSR count). The van der Waals surface area contributed by atoms with E-state index in [0.717, 1.165) is 16.9 Å². The van der Waals surface area contributed by atoms with E-state index >= 15 is 0 Å². The van der Waals surface area contributed by atoms with Crippen molar-refractivity contribution in [2.45, 2.75) is 9.92 Å². The van der Waals surface area contributed by atoms with E-state index in [0.29, 0.717) is 5.69 Å². The monoisotopic (exact) mass is 395 g/mol. The van der Waals surface area contributed by atoms with Crippen LogP contribution in [0.25, 0.3) is 5.69 Å². The third kappa shape index (κ3) is 3.46. The Bertz CT molecular complexity index is 1210. The predicted molar refractivity (Wildman–Crippen MR) is 97.2 cm³/mol. The third-order valence-corrected chi connectivity index (χ3v) is 5.52. The van der Waals surface area contributed by atoms with Crippen LogP contribution in [0.4, 0.5) is 4.79 Å². The summed E-state index contributed by atoms with van der Waals surface area (Å²) in [7, 11) is -4.22. The summed E-state index contributed by atoms with van der Waals surface area (Å²) in [5.74, 6) is -0.846.